The zero-order chi connectivity index (χ0) is 18.9. The second-order valence-corrected chi connectivity index (χ2v) is 7.30. The summed E-state index contributed by atoms with van der Waals surface area (Å²) in [5, 5.41) is 0. The molecule has 0 radical (unpaired) electrons. The first-order valence-corrected chi connectivity index (χ1v) is 10.2. The van der Waals surface area contributed by atoms with Gasteiger partial charge < -0.3 is 23.3 Å². The van der Waals surface area contributed by atoms with E-state index >= 15 is 0 Å². The molecular weight excluding hydrogens is 341 g/mol. The lowest BCUT2D eigenvalue weighted by Gasteiger charge is -2.35. The Morgan fingerprint density at radius 2 is 1.28 bits per heavy atom. The number of rotatable bonds is 17. The zero-order valence-electron chi connectivity index (χ0n) is 16.5. The zero-order valence-corrected chi connectivity index (χ0v) is 17.4. The Balaban J connectivity index is 3.99. The summed E-state index contributed by atoms with van der Waals surface area (Å²) in [7, 11) is -1.14. The van der Waals surface area contributed by atoms with E-state index in [1.165, 1.54) is 0 Å². The summed E-state index contributed by atoms with van der Waals surface area (Å²) in [6.45, 7) is 15.1. The molecule has 0 spiro atoms. The Morgan fingerprint density at radius 1 is 0.800 bits per heavy atom. The Hall–Kier alpha value is -0.250. The molecule has 0 bridgehead atoms. The molecule has 7 heteroatoms. The highest BCUT2D eigenvalue weighted by atomic mass is 31.2. The van der Waals surface area contributed by atoms with Gasteiger partial charge in [0.1, 0.15) is 0 Å². The van der Waals surface area contributed by atoms with Gasteiger partial charge >= 0.3 is 0 Å². The largest absolute Gasteiger partial charge is 0.379 e. The van der Waals surface area contributed by atoms with Crippen LogP contribution < -0.4 is 0 Å². The second-order valence-electron chi connectivity index (χ2n) is 5.85. The highest BCUT2D eigenvalue weighted by Gasteiger charge is 2.26. The van der Waals surface area contributed by atoms with E-state index in [2.05, 4.69) is 38.3 Å². The molecule has 0 saturated heterocycles. The Labute approximate surface area is 155 Å². The molecular formula is C18H36NO5P. The smallest absolute Gasteiger partial charge is 0.259 e. The van der Waals surface area contributed by atoms with Crippen LogP contribution in [0.25, 0.3) is 0 Å². The molecule has 6 nitrogen and oxygen atoms in total. The molecule has 0 aliphatic carbocycles. The average molecular weight is 377 g/mol. The minimum absolute atomic E-state index is 0.330. The number of terminal acetylenes is 1. The van der Waals surface area contributed by atoms with Gasteiger partial charge in [-0.3, -0.25) is 0 Å². The first kappa shape index (κ1) is 24.8. The summed E-state index contributed by atoms with van der Waals surface area (Å²) in [5.41, 5.74) is 0. The van der Waals surface area contributed by atoms with Gasteiger partial charge in [-0.1, -0.05) is 0 Å². The van der Waals surface area contributed by atoms with Gasteiger partial charge in [0.2, 0.25) is 0 Å². The molecule has 148 valence electrons. The first-order valence-electron chi connectivity index (χ1n) is 9.05. The number of hydrogen-bond acceptors (Lipinski definition) is 6. The molecule has 0 N–H and O–H groups in total. The van der Waals surface area contributed by atoms with Crippen molar-refractivity contribution < 1.29 is 23.3 Å². The summed E-state index contributed by atoms with van der Waals surface area (Å²) in [6, 6.07) is 0.660. The van der Waals surface area contributed by atoms with Crippen LogP contribution in [0.15, 0.2) is 0 Å². The molecule has 0 saturated carbocycles. The molecule has 0 aromatic carbocycles. The van der Waals surface area contributed by atoms with Gasteiger partial charge in [0.15, 0.2) is 0 Å². The van der Waals surface area contributed by atoms with Gasteiger partial charge in [-0.25, -0.2) is 4.67 Å². The van der Waals surface area contributed by atoms with Crippen molar-refractivity contribution in [1.82, 2.24) is 4.67 Å². The van der Waals surface area contributed by atoms with Crippen molar-refractivity contribution in [3.05, 3.63) is 0 Å². The van der Waals surface area contributed by atoms with Crippen LogP contribution in [0, 0.1) is 12.3 Å². The van der Waals surface area contributed by atoms with E-state index in [0.717, 1.165) is 0 Å². The fourth-order valence-corrected chi connectivity index (χ4v) is 3.66. The van der Waals surface area contributed by atoms with Crippen molar-refractivity contribution in [2.75, 3.05) is 52.9 Å². The molecule has 0 fully saturated rings. The maximum Gasteiger partial charge on any atom is 0.259 e. The van der Waals surface area contributed by atoms with Crippen LogP contribution in [0.2, 0.25) is 0 Å². The van der Waals surface area contributed by atoms with E-state index in [0.29, 0.717) is 71.4 Å². The highest BCUT2D eigenvalue weighted by Crippen LogP contribution is 2.45. The van der Waals surface area contributed by atoms with Gasteiger partial charge in [0, 0.05) is 25.1 Å². The quantitative estimate of drug-likeness (QED) is 0.220. The summed E-state index contributed by atoms with van der Waals surface area (Å²) >= 11 is 0. The molecule has 0 aromatic heterocycles. The maximum atomic E-state index is 5.95. The fourth-order valence-electron chi connectivity index (χ4n) is 2.09. The predicted molar refractivity (Wildman–Crippen MR) is 103 cm³/mol. The lowest BCUT2D eigenvalue weighted by molar-refractivity contribution is 0.0101. The minimum atomic E-state index is -1.14. The van der Waals surface area contributed by atoms with Gasteiger partial charge in [-0.2, -0.15) is 0 Å². The lowest BCUT2D eigenvalue weighted by Crippen LogP contribution is -2.34. The number of nitrogens with zero attached hydrogens (tertiary/aromatic N) is 1. The topological polar surface area (TPSA) is 49.4 Å². The van der Waals surface area contributed by atoms with Crippen LogP contribution in [-0.2, 0) is 23.3 Å². The molecule has 1 unspecified atom stereocenters. The fraction of sp³-hybridized carbons (Fsp3) is 0.889. The van der Waals surface area contributed by atoms with Crippen molar-refractivity contribution >= 4 is 8.53 Å². The third-order valence-corrected chi connectivity index (χ3v) is 5.18. The highest BCUT2D eigenvalue weighted by molar-refractivity contribution is 7.44. The standard InChI is InChI=1S/C18H36NO5P/c1-7-9-10-23-25(19(17(3)4)18(5)6)24-16-15-22-14-13-21-12-11-20-8-2/h1,17-18H,8-16H2,2-6H3. The molecule has 1 atom stereocenters. The van der Waals surface area contributed by atoms with E-state index in [1.54, 1.807) is 0 Å². The van der Waals surface area contributed by atoms with Crippen LogP contribution in [0.3, 0.4) is 0 Å². The average Bonchev–Trinajstić information content (AvgIpc) is 2.55. The molecule has 0 rings (SSSR count). The first-order chi connectivity index (χ1) is 12.0. The molecule has 0 aromatic rings. The minimum Gasteiger partial charge on any atom is -0.379 e. The van der Waals surface area contributed by atoms with Crippen molar-refractivity contribution in [2.45, 2.75) is 53.1 Å². The van der Waals surface area contributed by atoms with E-state index in [4.69, 9.17) is 29.7 Å². The predicted octanol–water partition coefficient (Wildman–Crippen LogP) is 3.46. The second kappa shape index (κ2) is 17.2. The van der Waals surface area contributed by atoms with Crippen molar-refractivity contribution in [3.8, 4) is 12.3 Å². The van der Waals surface area contributed by atoms with Crippen molar-refractivity contribution in [1.29, 1.82) is 0 Å². The summed E-state index contributed by atoms with van der Waals surface area (Å²) in [4.78, 5) is 0. The number of hydrogen-bond donors (Lipinski definition) is 0. The Bertz CT molecular complexity index is 328. The third-order valence-electron chi connectivity index (χ3n) is 3.07. The van der Waals surface area contributed by atoms with Gasteiger partial charge in [0.05, 0.1) is 46.2 Å². The third kappa shape index (κ3) is 13.6. The van der Waals surface area contributed by atoms with Gasteiger partial charge in [-0.15, -0.1) is 12.3 Å². The van der Waals surface area contributed by atoms with E-state index in [9.17, 15) is 0 Å². The summed E-state index contributed by atoms with van der Waals surface area (Å²) < 4.78 is 30.2. The molecule has 0 aliphatic rings. The summed E-state index contributed by atoms with van der Waals surface area (Å²) in [5.74, 6) is 2.59. The van der Waals surface area contributed by atoms with Crippen LogP contribution in [0.4, 0.5) is 0 Å². The lowest BCUT2D eigenvalue weighted by atomic mass is 10.3. The van der Waals surface area contributed by atoms with Crippen molar-refractivity contribution in [3.63, 3.8) is 0 Å². The Kier molecular flexibility index (Phi) is 17.0. The normalized spacial score (nSPS) is 12.9. The van der Waals surface area contributed by atoms with Crippen LogP contribution in [0.1, 0.15) is 41.0 Å². The van der Waals surface area contributed by atoms with Crippen LogP contribution >= 0.6 is 8.53 Å². The van der Waals surface area contributed by atoms with Gasteiger partial charge in [0.25, 0.3) is 8.53 Å². The summed E-state index contributed by atoms with van der Waals surface area (Å²) in [6.07, 6.45) is 5.89. The molecule has 25 heavy (non-hydrogen) atoms. The monoisotopic (exact) mass is 377 g/mol. The van der Waals surface area contributed by atoms with Crippen LogP contribution in [0.5, 0.6) is 0 Å². The van der Waals surface area contributed by atoms with Gasteiger partial charge in [-0.05, 0) is 34.6 Å². The Morgan fingerprint density at radius 3 is 1.76 bits per heavy atom. The maximum absolute atomic E-state index is 5.95. The van der Waals surface area contributed by atoms with Crippen molar-refractivity contribution in [2.24, 2.45) is 0 Å². The van der Waals surface area contributed by atoms with E-state index in [1.807, 2.05) is 6.92 Å². The van der Waals surface area contributed by atoms with E-state index < -0.39 is 8.53 Å². The SMILES string of the molecule is C#CCCOP(OCCOCCOCCOCC)N(C(C)C)C(C)C. The van der Waals surface area contributed by atoms with E-state index in [-0.39, 0.29) is 0 Å². The van der Waals surface area contributed by atoms with Crippen LogP contribution in [-0.4, -0.2) is 69.6 Å². The molecule has 0 aliphatic heterocycles. The molecule has 0 amide bonds. The number of ether oxygens (including phenoxy) is 3. The molecule has 0 heterocycles.